The smallest absolute Gasteiger partial charge is 0.352 e. The number of carbonyl (C=O) groups is 2. The van der Waals surface area contributed by atoms with Crippen molar-refractivity contribution in [2.24, 2.45) is 0 Å². The van der Waals surface area contributed by atoms with Gasteiger partial charge in [-0.05, 0) is 38.1 Å². The van der Waals surface area contributed by atoms with Crippen molar-refractivity contribution in [2.75, 3.05) is 0 Å². The molecule has 1 amide bonds. The van der Waals surface area contributed by atoms with Gasteiger partial charge in [-0.3, -0.25) is 4.79 Å². The van der Waals surface area contributed by atoms with E-state index in [4.69, 9.17) is 9.52 Å². The average Bonchev–Trinajstić information content (AvgIpc) is 2.83. The van der Waals surface area contributed by atoms with Crippen LogP contribution in [0.1, 0.15) is 27.4 Å². The second kappa shape index (κ2) is 6.09. The van der Waals surface area contributed by atoms with E-state index in [1.807, 2.05) is 13.0 Å². The van der Waals surface area contributed by atoms with E-state index in [9.17, 15) is 9.59 Å². The SMILES string of the molecule is Cc1cccc(C(=O)NC(=Cc2ccc(C)o2)C(=O)O)c1. The van der Waals surface area contributed by atoms with Crippen molar-refractivity contribution in [1.29, 1.82) is 0 Å². The van der Waals surface area contributed by atoms with Crippen LogP contribution in [0.2, 0.25) is 0 Å². The molecule has 0 atom stereocenters. The lowest BCUT2D eigenvalue weighted by Crippen LogP contribution is -2.27. The normalized spacial score (nSPS) is 11.2. The van der Waals surface area contributed by atoms with Crippen LogP contribution in [0.25, 0.3) is 6.08 Å². The maximum absolute atomic E-state index is 12.1. The topological polar surface area (TPSA) is 79.5 Å². The highest BCUT2D eigenvalue weighted by Gasteiger charge is 2.14. The molecule has 0 aliphatic rings. The summed E-state index contributed by atoms with van der Waals surface area (Å²) in [7, 11) is 0. The highest BCUT2D eigenvalue weighted by Crippen LogP contribution is 2.11. The van der Waals surface area contributed by atoms with E-state index in [1.165, 1.54) is 6.08 Å². The Hall–Kier alpha value is -2.82. The van der Waals surface area contributed by atoms with Gasteiger partial charge in [0.25, 0.3) is 5.91 Å². The highest BCUT2D eigenvalue weighted by molar-refractivity contribution is 6.02. The molecular weight excluding hydrogens is 270 g/mol. The summed E-state index contributed by atoms with van der Waals surface area (Å²) in [4.78, 5) is 23.3. The number of carboxylic acids is 1. The van der Waals surface area contributed by atoms with Gasteiger partial charge in [-0.15, -0.1) is 0 Å². The Morgan fingerprint density at radius 1 is 1.19 bits per heavy atom. The molecule has 0 spiro atoms. The van der Waals surface area contributed by atoms with Crippen molar-refractivity contribution < 1.29 is 19.1 Å². The van der Waals surface area contributed by atoms with Gasteiger partial charge in [0.05, 0.1) is 0 Å². The summed E-state index contributed by atoms with van der Waals surface area (Å²) in [6, 6.07) is 10.3. The molecule has 0 fully saturated rings. The molecule has 0 aliphatic heterocycles. The number of hydrogen-bond donors (Lipinski definition) is 2. The molecule has 2 N–H and O–H groups in total. The van der Waals surface area contributed by atoms with Gasteiger partial charge in [-0.1, -0.05) is 17.7 Å². The number of benzene rings is 1. The zero-order chi connectivity index (χ0) is 15.4. The lowest BCUT2D eigenvalue weighted by atomic mass is 10.1. The van der Waals surface area contributed by atoms with E-state index in [0.717, 1.165) is 5.56 Å². The van der Waals surface area contributed by atoms with E-state index >= 15 is 0 Å². The summed E-state index contributed by atoms with van der Waals surface area (Å²) in [5.41, 5.74) is 1.08. The Morgan fingerprint density at radius 2 is 1.95 bits per heavy atom. The van der Waals surface area contributed by atoms with Crippen molar-refractivity contribution >= 4 is 18.0 Å². The summed E-state index contributed by atoms with van der Waals surface area (Å²) >= 11 is 0. The van der Waals surface area contributed by atoms with Gasteiger partial charge >= 0.3 is 5.97 Å². The van der Waals surface area contributed by atoms with Crippen LogP contribution in [0.3, 0.4) is 0 Å². The van der Waals surface area contributed by atoms with Gasteiger partial charge in [0.15, 0.2) is 0 Å². The summed E-state index contributed by atoms with van der Waals surface area (Å²) in [6.07, 6.45) is 1.28. The molecular formula is C16H15NO4. The van der Waals surface area contributed by atoms with Crippen molar-refractivity contribution in [3.63, 3.8) is 0 Å². The molecule has 0 saturated heterocycles. The third-order valence-corrected chi connectivity index (χ3v) is 2.81. The van der Waals surface area contributed by atoms with Crippen LogP contribution in [0.15, 0.2) is 46.5 Å². The molecule has 1 aromatic heterocycles. The maximum Gasteiger partial charge on any atom is 0.352 e. The van der Waals surface area contributed by atoms with E-state index in [2.05, 4.69) is 5.32 Å². The fourth-order valence-corrected chi connectivity index (χ4v) is 1.81. The Labute approximate surface area is 121 Å². The molecule has 108 valence electrons. The standard InChI is InChI=1S/C16H15NO4/c1-10-4-3-5-12(8-10)15(18)17-14(16(19)20)9-13-7-6-11(2)21-13/h3-9H,1-2H3,(H,17,18)(H,19,20). The molecule has 5 heteroatoms. The van der Waals surface area contributed by atoms with Gasteiger partial charge < -0.3 is 14.8 Å². The van der Waals surface area contributed by atoms with E-state index in [-0.39, 0.29) is 5.70 Å². The first kappa shape index (κ1) is 14.6. The summed E-state index contributed by atoms with van der Waals surface area (Å²) in [6.45, 7) is 3.61. The number of hydrogen-bond acceptors (Lipinski definition) is 3. The fraction of sp³-hybridized carbons (Fsp3) is 0.125. The molecule has 0 aliphatic carbocycles. The molecule has 2 aromatic rings. The van der Waals surface area contributed by atoms with Crippen molar-refractivity contribution in [3.8, 4) is 0 Å². The number of carboxylic acid groups (broad SMARTS) is 1. The summed E-state index contributed by atoms with van der Waals surface area (Å²) in [5, 5.41) is 11.5. The van der Waals surface area contributed by atoms with Crippen LogP contribution < -0.4 is 5.32 Å². The Bertz CT molecular complexity index is 713. The Balaban J connectivity index is 2.22. The fourth-order valence-electron chi connectivity index (χ4n) is 1.81. The number of aliphatic carboxylic acids is 1. The van der Waals surface area contributed by atoms with Gasteiger partial charge in [0.2, 0.25) is 0 Å². The molecule has 0 radical (unpaired) electrons. The zero-order valence-corrected chi connectivity index (χ0v) is 11.7. The average molecular weight is 285 g/mol. The summed E-state index contributed by atoms with van der Waals surface area (Å²) < 4.78 is 5.28. The molecule has 0 unspecified atom stereocenters. The largest absolute Gasteiger partial charge is 0.477 e. The van der Waals surface area contributed by atoms with Crippen LogP contribution in [0.5, 0.6) is 0 Å². The highest BCUT2D eigenvalue weighted by atomic mass is 16.4. The van der Waals surface area contributed by atoms with Crippen molar-refractivity contribution in [1.82, 2.24) is 5.32 Å². The Morgan fingerprint density at radius 3 is 2.52 bits per heavy atom. The van der Waals surface area contributed by atoms with E-state index in [0.29, 0.717) is 17.1 Å². The number of nitrogens with one attached hydrogen (secondary N) is 1. The van der Waals surface area contributed by atoms with Crippen LogP contribution in [-0.4, -0.2) is 17.0 Å². The monoisotopic (exact) mass is 285 g/mol. The number of carbonyl (C=O) groups excluding carboxylic acids is 1. The van der Waals surface area contributed by atoms with Crippen molar-refractivity contribution in [3.05, 3.63) is 64.7 Å². The predicted octanol–water partition coefficient (Wildman–Crippen LogP) is 2.75. The molecule has 1 aromatic carbocycles. The minimum absolute atomic E-state index is 0.240. The second-order valence-corrected chi connectivity index (χ2v) is 4.64. The van der Waals surface area contributed by atoms with E-state index < -0.39 is 11.9 Å². The summed E-state index contributed by atoms with van der Waals surface area (Å²) in [5.74, 6) is -0.675. The minimum Gasteiger partial charge on any atom is -0.477 e. The number of furan rings is 1. The first-order valence-corrected chi connectivity index (χ1v) is 6.35. The number of aryl methyl sites for hydroxylation is 2. The minimum atomic E-state index is -1.23. The lowest BCUT2D eigenvalue weighted by Gasteiger charge is -2.06. The van der Waals surface area contributed by atoms with Crippen LogP contribution in [0.4, 0.5) is 0 Å². The van der Waals surface area contributed by atoms with Crippen molar-refractivity contribution in [2.45, 2.75) is 13.8 Å². The zero-order valence-electron chi connectivity index (χ0n) is 11.7. The number of rotatable bonds is 4. The lowest BCUT2D eigenvalue weighted by molar-refractivity contribution is -0.132. The van der Waals surface area contributed by atoms with Gasteiger partial charge in [0, 0.05) is 11.6 Å². The second-order valence-electron chi connectivity index (χ2n) is 4.64. The molecule has 0 saturated carbocycles. The third-order valence-electron chi connectivity index (χ3n) is 2.81. The molecule has 5 nitrogen and oxygen atoms in total. The maximum atomic E-state index is 12.1. The molecule has 2 rings (SSSR count). The first-order chi connectivity index (χ1) is 9.95. The molecule has 0 bridgehead atoms. The predicted molar refractivity (Wildman–Crippen MR) is 77.7 cm³/mol. The van der Waals surface area contributed by atoms with Gasteiger partial charge in [-0.25, -0.2) is 4.79 Å². The first-order valence-electron chi connectivity index (χ1n) is 6.35. The quantitative estimate of drug-likeness (QED) is 0.846. The van der Waals surface area contributed by atoms with Gasteiger partial charge in [-0.2, -0.15) is 0 Å². The van der Waals surface area contributed by atoms with Crippen LogP contribution in [0, 0.1) is 13.8 Å². The van der Waals surface area contributed by atoms with Crippen LogP contribution >= 0.6 is 0 Å². The molecule has 1 heterocycles. The van der Waals surface area contributed by atoms with Gasteiger partial charge in [0.1, 0.15) is 17.2 Å². The van der Waals surface area contributed by atoms with E-state index in [1.54, 1.807) is 37.3 Å². The molecule has 21 heavy (non-hydrogen) atoms. The number of amides is 1. The Kier molecular flexibility index (Phi) is 4.23. The third kappa shape index (κ3) is 3.82. The van der Waals surface area contributed by atoms with Crippen LogP contribution in [-0.2, 0) is 4.79 Å².